The Labute approximate surface area is 127 Å². The van der Waals surface area contributed by atoms with Gasteiger partial charge in [-0.05, 0) is 38.1 Å². The van der Waals surface area contributed by atoms with Crippen LogP contribution in [0, 0.1) is 0 Å². The van der Waals surface area contributed by atoms with Crippen LogP contribution < -0.4 is 0 Å². The Hall–Kier alpha value is -2.03. The van der Waals surface area contributed by atoms with Gasteiger partial charge in [0, 0.05) is 18.4 Å². The molecule has 0 amide bonds. The van der Waals surface area contributed by atoms with Crippen LogP contribution in [0.3, 0.4) is 0 Å². The molecule has 0 aliphatic carbocycles. The Morgan fingerprint density at radius 3 is 2.23 bits per heavy atom. The SMILES string of the molecule is CN1CCC[C@H]1c1cccnc1.O=C(O)C(O)C(O)C(=O)O. The Balaban J connectivity index is 0.000000225. The maximum absolute atomic E-state index is 9.77. The summed E-state index contributed by atoms with van der Waals surface area (Å²) in [4.78, 5) is 26.1. The molecule has 0 bridgehead atoms. The molecule has 0 saturated carbocycles. The summed E-state index contributed by atoms with van der Waals surface area (Å²) in [6, 6.07) is 4.79. The van der Waals surface area contributed by atoms with Crippen molar-refractivity contribution in [2.24, 2.45) is 0 Å². The fourth-order valence-corrected chi connectivity index (χ4v) is 2.17. The molecule has 1 aromatic heterocycles. The zero-order valence-corrected chi connectivity index (χ0v) is 12.2. The Morgan fingerprint density at radius 1 is 1.27 bits per heavy atom. The number of rotatable bonds is 4. The van der Waals surface area contributed by atoms with Gasteiger partial charge in [-0.1, -0.05) is 6.07 Å². The van der Waals surface area contributed by atoms with Crippen molar-refractivity contribution in [2.45, 2.75) is 31.1 Å². The zero-order valence-electron chi connectivity index (χ0n) is 12.2. The smallest absolute Gasteiger partial charge is 0.335 e. The van der Waals surface area contributed by atoms with E-state index in [0.717, 1.165) is 0 Å². The molecule has 22 heavy (non-hydrogen) atoms. The van der Waals surface area contributed by atoms with Crippen LogP contribution in [0.25, 0.3) is 0 Å². The standard InChI is InChI=1S/C10H14N2.C4H6O6/c1-12-7-3-5-10(12)9-4-2-6-11-8-9;5-1(3(7)8)2(6)4(9)10/h2,4,6,8,10H,3,5,7H2,1H3;1-2,5-6H,(H,7,8)(H,9,10)/t10-;/m0./s1. The van der Waals surface area contributed by atoms with Gasteiger partial charge in [0.2, 0.25) is 0 Å². The van der Waals surface area contributed by atoms with E-state index >= 15 is 0 Å². The predicted octanol–water partition coefficient (Wildman–Crippen LogP) is -0.274. The first-order valence-electron chi connectivity index (χ1n) is 6.76. The van der Waals surface area contributed by atoms with Crippen LogP contribution in [-0.2, 0) is 9.59 Å². The minimum absolute atomic E-state index is 0.610. The summed E-state index contributed by atoms with van der Waals surface area (Å²) in [6.07, 6.45) is 1.87. The van der Waals surface area contributed by atoms with Crippen molar-refractivity contribution in [2.75, 3.05) is 13.6 Å². The fourth-order valence-electron chi connectivity index (χ4n) is 2.17. The number of carboxylic acid groups (broad SMARTS) is 2. The summed E-state index contributed by atoms with van der Waals surface area (Å²) < 4.78 is 0. The van der Waals surface area contributed by atoms with Crippen LogP contribution >= 0.6 is 0 Å². The number of aliphatic hydroxyl groups is 2. The molecule has 1 fully saturated rings. The van der Waals surface area contributed by atoms with E-state index in [1.54, 1.807) is 0 Å². The highest BCUT2D eigenvalue weighted by Crippen LogP contribution is 2.29. The topological polar surface area (TPSA) is 131 Å². The second-order valence-corrected chi connectivity index (χ2v) is 4.99. The summed E-state index contributed by atoms with van der Waals surface area (Å²) >= 11 is 0. The number of aromatic nitrogens is 1. The number of hydrogen-bond donors (Lipinski definition) is 4. The Bertz CT molecular complexity index is 477. The molecule has 4 N–H and O–H groups in total. The van der Waals surface area contributed by atoms with Gasteiger partial charge in [0.25, 0.3) is 0 Å². The molecule has 1 aliphatic rings. The number of likely N-dealkylation sites (tertiary alicyclic amines) is 1. The second kappa shape index (κ2) is 8.42. The number of nitrogens with zero attached hydrogens (tertiary/aromatic N) is 2. The molecule has 2 unspecified atom stereocenters. The van der Waals surface area contributed by atoms with E-state index in [-0.39, 0.29) is 0 Å². The van der Waals surface area contributed by atoms with Crippen molar-refractivity contribution in [1.82, 2.24) is 9.88 Å². The quantitative estimate of drug-likeness (QED) is 0.597. The van der Waals surface area contributed by atoms with Crippen molar-refractivity contribution in [3.8, 4) is 0 Å². The average Bonchev–Trinajstić information content (AvgIpc) is 2.93. The second-order valence-electron chi connectivity index (χ2n) is 4.99. The predicted molar refractivity (Wildman–Crippen MR) is 76.1 cm³/mol. The molecule has 122 valence electrons. The number of hydrogen-bond acceptors (Lipinski definition) is 6. The van der Waals surface area contributed by atoms with Gasteiger partial charge in [0.15, 0.2) is 12.2 Å². The molecule has 8 nitrogen and oxygen atoms in total. The number of aliphatic carboxylic acids is 2. The molecular formula is C14H20N2O6. The monoisotopic (exact) mass is 312 g/mol. The van der Waals surface area contributed by atoms with E-state index in [1.807, 2.05) is 18.5 Å². The van der Waals surface area contributed by atoms with Crippen LogP contribution in [0.15, 0.2) is 24.5 Å². The highest BCUT2D eigenvalue weighted by atomic mass is 16.4. The third-order valence-corrected chi connectivity index (χ3v) is 3.39. The molecule has 0 spiro atoms. The zero-order chi connectivity index (χ0) is 16.7. The molecule has 1 saturated heterocycles. The van der Waals surface area contributed by atoms with Crippen molar-refractivity contribution in [3.05, 3.63) is 30.1 Å². The molecule has 0 aromatic carbocycles. The maximum Gasteiger partial charge on any atom is 0.335 e. The first-order valence-corrected chi connectivity index (χ1v) is 6.76. The van der Waals surface area contributed by atoms with Crippen molar-refractivity contribution >= 4 is 11.9 Å². The lowest BCUT2D eigenvalue weighted by Gasteiger charge is -2.18. The number of aliphatic hydroxyl groups excluding tert-OH is 2. The van der Waals surface area contributed by atoms with Crippen molar-refractivity contribution in [1.29, 1.82) is 0 Å². The van der Waals surface area contributed by atoms with Crippen LogP contribution in [0.5, 0.6) is 0 Å². The lowest BCUT2D eigenvalue weighted by atomic mass is 10.1. The van der Waals surface area contributed by atoms with E-state index in [2.05, 4.69) is 23.0 Å². The van der Waals surface area contributed by atoms with Gasteiger partial charge in [0.05, 0.1) is 0 Å². The number of pyridine rings is 1. The average molecular weight is 312 g/mol. The summed E-state index contributed by atoms with van der Waals surface area (Å²) in [5.41, 5.74) is 1.36. The van der Waals surface area contributed by atoms with Gasteiger partial charge in [-0.2, -0.15) is 0 Å². The van der Waals surface area contributed by atoms with Crippen LogP contribution in [-0.4, -0.2) is 68.0 Å². The van der Waals surface area contributed by atoms with Gasteiger partial charge in [-0.25, -0.2) is 9.59 Å². The summed E-state index contributed by atoms with van der Waals surface area (Å²) in [6.45, 7) is 1.22. The third kappa shape index (κ3) is 5.06. The normalized spacial score (nSPS) is 20.6. The van der Waals surface area contributed by atoms with Crippen LogP contribution in [0.4, 0.5) is 0 Å². The van der Waals surface area contributed by atoms with E-state index in [1.165, 1.54) is 24.9 Å². The van der Waals surface area contributed by atoms with E-state index in [4.69, 9.17) is 20.4 Å². The lowest BCUT2D eigenvalue weighted by molar-refractivity contribution is -0.165. The van der Waals surface area contributed by atoms with Gasteiger partial charge >= 0.3 is 11.9 Å². The van der Waals surface area contributed by atoms with E-state index < -0.39 is 24.1 Å². The Morgan fingerprint density at radius 2 is 1.86 bits per heavy atom. The number of carboxylic acids is 2. The highest BCUT2D eigenvalue weighted by molar-refractivity contribution is 5.83. The van der Waals surface area contributed by atoms with Crippen LogP contribution in [0.2, 0.25) is 0 Å². The molecule has 3 atom stereocenters. The Kier molecular flexibility index (Phi) is 6.90. The van der Waals surface area contributed by atoms with Gasteiger partial charge in [0.1, 0.15) is 0 Å². The third-order valence-electron chi connectivity index (χ3n) is 3.39. The minimum Gasteiger partial charge on any atom is -0.479 e. The summed E-state index contributed by atoms with van der Waals surface area (Å²) in [5, 5.41) is 32.5. The molecular weight excluding hydrogens is 292 g/mol. The molecule has 0 radical (unpaired) electrons. The van der Waals surface area contributed by atoms with Crippen LogP contribution in [0.1, 0.15) is 24.4 Å². The first-order chi connectivity index (χ1) is 10.3. The largest absolute Gasteiger partial charge is 0.479 e. The molecule has 1 aliphatic heterocycles. The number of carbonyl (C=O) groups is 2. The van der Waals surface area contributed by atoms with Crippen molar-refractivity contribution < 1.29 is 30.0 Å². The lowest BCUT2D eigenvalue weighted by Crippen LogP contribution is -2.39. The highest BCUT2D eigenvalue weighted by Gasteiger charge is 2.29. The molecule has 8 heteroatoms. The molecule has 2 rings (SSSR count). The van der Waals surface area contributed by atoms with Gasteiger partial charge in [-0.15, -0.1) is 0 Å². The van der Waals surface area contributed by atoms with E-state index in [9.17, 15) is 9.59 Å². The molecule has 2 heterocycles. The van der Waals surface area contributed by atoms with Gasteiger partial charge in [-0.3, -0.25) is 9.88 Å². The molecule has 1 aromatic rings. The van der Waals surface area contributed by atoms with Gasteiger partial charge < -0.3 is 20.4 Å². The summed E-state index contributed by atoms with van der Waals surface area (Å²) in [5.74, 6) is -3.54. The van der Waals surface area contributed by atoms with E-state index in [0.29, 0.717) is 6.04 Å². The summed E-state index contributed by atoms with van der Waals surface area (Å²) in [7, 11) is 2.19. The first kappa shape index (κ1) is 18.0. The van der Waals surface area contributed by atoms with Crippen molar-refractivity contribution in [3.63, 3.8) is 0 Å². The minimum atomic E-state index is -2.27. The fraction of sp³-hybridized carbons (Fsp3) is 0.500. The maximum atomic E-state index is 9.77.